The fraction of sp³-hybridized carbons (Fsp3) is 0.938. The number of ether oxygens (including phenoxy) is 1. The Morgan fingerprint density at radius 3 is 2.71 bits per heavy atom. The fourth-order valence-electron chi connectivity index (χ4n) is 3.34. The maximum Gasteiger partial charge on any atom is 0.191 e. The fourth-order valence-corrected chi connectivity index (χ4v) is 3.34. The van der Waals surface area contributed by atoms with E-state index in [0.29, 0.717) is 5.41 Å². The van der Waals surface area contributed by atoms with Crippen molar-refractivity contribution >= 4 is 29.9 Å². The SMILES string of the molecule is CCOCCC1(CN=C(N)N2CCCC(C)C2)CCC1.I. The van der Waals surface area contributed by atoms with Crippen LogP contribution >= 0.6 is 24.0 Å². The Bertz CT molecular complexity index is 331. The van der Waals surface area contributed by atoms with E-state index in [2.05, 4.69) is 18.7 Å². The van der Waals surface area contributed by atoms with Crippen molar-refractivity contribution in [2.75, 3.05) is 32.8 Å². The number of piperidine rings is 1. The molecule has 0 amide bonds. The van der Waals surface area contributed by atoms with Crippen molar-refractivity contribution in [1.82, 2.24) is 4.90 Å². The molecule has 1 saturated heterocycles. The molecule has 0 aromatic carbocycles. The van der Waals surface area contributed by atoms with Gasteiger partial charge in [-0.2, -0.15) is 0 Å². The first-order chi connectivity index (χ1) is 9.65. The van der Waals surface area contributed by atoms with Crippen molar-refractivity contribution in [1.29, 1.82) is 0 Å². The number of halogens is 1. The number of hydrogen-bond donors (Lipinski definition) is 1. The second-order valence-corrected chi connectivity index (χ2v) is 6.67. The largest absolute Gasteiger partial charge is 0.382 e. The van der Waals surface area contributed by atoms with Gasteiger partial charge in [0.05, 0.1) is 0 Å². The Kier molecular flexibility index (Phi) is 8.31. The first kappa shape index (κ1) is 19.0. The predicted molar refractivity (Wildman–Crippen MR) is 99.3 cm³/mol. The highest BCUT2D eigenvalue weighted by Crippen LogP contribution is 2.44. The zero-order valence-electron chi connectivity index (χ0n) is 13.6. The molecule has 21 heavy (non-hydrogen) atoms. The molecular weight excluding hydrogens is 377 g/mol. The highest BCUT2D eigenvalue weighted by atomic mass is 127. The van der Waals surface area contributed by atoms with Crippen LogP contribution in [0.4, 0.5) is 0 Å². The minimum Gasteiger partial charge on any atom is -0.382 e. The molecule has 1 saturated carbocycles. The van der Waals surface area contributed by atoms with Crippen molar-refractivity contribution in [2.24, 2.45) is 22.1 Å². The summed E-state index contributed by atoms with van der Waals surface area (Å²) in [6.07, 6.45) is 7.60. The normalized spacial score (nSPS) is 25.1. The Hall–Kier alpha value is -0.0400. The third kappa shape index (κ3) is 5.58. The molecule has 2 rings (SSSR count). The minimum absolute atomic E-state index is 0. The van der Waals surface area contributed by atoms with Gasteiger partial charge in [-0.15, -0.1) is 24.0 Å². The second kappa shape index (κ2) is 9.18. The molecule has 1 heterocycles. The second-order valence-electron chi connectivity index (χ2n) is 6.67. The molecule has 0 radical (unpaired) electrons. The van der Waals surface area contributed by atoms with Crippen LogP contribution in [0.5, 0.6) is 0 Å². The van der Waals surface area contributed by atoms with E-state index in [0.717, 1.165) is 51.1 Å². The predicted octanol–water partition coefficient (Wildman–Crippen LogP) is 3.25. The molecular formula is C16H32IN3O. The zero-order chi connectivity index (χ0) is 14.4. The van der Waals surface area contributed by atoms with Gasteiger partial charge >= 0.3 is 0 Å². The number of rotatable bonds is 6. The minimum atomic E-state index is 0. The summed E-state index contributed by atoms with van der Waals surface area (Å²) in [5.41, 5.74) is 6.57. The number of guanidine groups is 1. The molecule has 0 aromatic heterocycles. The summed E-state index contributed by atoms with van der Waals surface area (Å²) in [4.78, 5) is 6.99. The molecule has 1 aliphatic carbocycles. The summed E-state index contributed by atoms with van der Waals surface area (Å²) in [6.45, 7) is 9.07. The first-order valence-corrected chi connectivity index (χ1v) is 8.28. The van der Waals surface area contributed by atoms with Gasteiger partial charge in [-0.05, 0) is 50.4 Å². The van der Waals surface area contributed by atoms with Crippen molar-refractivity contribution in [2.45, 2.75) is 52.4 Å². The van der Waals surface area contributed by atoms with Crippen LogP contribution in [0.1, 0.15) is 52.4 Å². The Morgan fingerprint density at radius 1 is 1.38 bits per heavy atom. The molecule has 124 valence electrons. The smallest absolute Gasteiger partial charge is 0.191 e. The van der Waals surface area contributed by atoms with Gasteiger partial charge in [-0.25, -0.2) is 0 Å². The van der Waals surface area contributed by atoms with E-state index in [-0.39, 0.29) is 24.0 Å². The van der Waals surface area contributed by atoms with Crippen LogP contribution in [-0.2, 0) is 4.74 Å². The molecule has 0 aromatic rings. The summed E-state index contributed by atoms with van der Waals surface area (Å²) < 4.78 is 5.51. The van der Waals surface area contributed by atoms with Crippen LogP contribution in [0.3, 0.4) is 0 Å². The molecule has 2 aliphatic rings. The number of nitrogens with zero attached hydrogens (tertiary/aromatic N) is 2. The van der Waals surface area contributed by atoms with Gasteiger partial charge in [0.25, 0.3) is 0 Å². The van der Waals surface area contributed by atoms with Crippen LogP contribution in [-0.4, -0.2) is 43.7 Å². The molecule has 5 heteroatoms. The Balaban J connectivity index is 0.00000220. The third-order valence-corrected chi connectivity index (χ3v) is 4.95. The van der Waals surface area contributed by atoms with Gasteiger partial charge in [0.15, 0.2) is 5.96 Å². The van der Waals surface area contributed by atoms with Crippen LogP contribution in [0.2, 0.25) is 0 Å². The van der Waals surface area contributed by atoms with Gasteiger partial charge < -0.3 is 15.4 Å². The van der Waals surface area contributed by atoms with E-state index >= 15 is 0 Å². The highest BCUT2D eigenvalue weighted by Gasteiger charge is 2.36. The average molecular weight is 409 g/mol. The average Bonchev–Trinajstić information content (AvgIpc) is 2.40. The molecule has 1 aliphatic heterocycles. The summed E-state index contributed by atoms with van der Waals surface area (Å²) >= 11 is 0. The number of likely N-dealkylation sites (tertiary alicyclic amines) is 1. The topological polar surface area (TPSA) is 50.9 Å². The van der Waals surface area contributed by atoms with Gasteiger partial charge in [-0.1, -0.05) is 13.3 Å². The number of hydrogen-bond acceptors (Lipinski definition) is 2. The molecule has 1 atom stereocenters. The van der Waals surface area contributed by atoms with Crippen molar-refractivity contribution in [3.05, 3.63) is 0 Å². The maximum absolute atomic E-state index is 6.20. The van der Waals surface area contributed by atoms with Gasteiger partial charge in [-0.3, -0.25) is 4.99 Å². The molecule has 2 N–H and O–H groups in total. The van der Waals surface area contributed by atoms with Crippen LogP contribution in [0.15, 0.2) is 4.99 Å². The summed E-state index contributed by atoms with van der Waals surface area (Å²) in [5, 5.41) is 0. The molecule has 0 bridgehead atoms. The monoisotopic (exact) mass is 409 g/mol. The van der Waals surface area contributed by atoms with Gasteiger partial charge in [0.2, 0.25) is 0 Å². The van der Waals surface area contributed by atoms with E-state index < -0.39 is 0 Å². The summed E-state index contributed by atoms with van der Waals surface area (Å²) in [6, 6.07) is 0. The summed E-state index contributed by atoms with van der Waals surface area (Å²) in [5.74, 6) is 1.51. The lowest BCUT2D eigenvalue weighted by Crippen LogP contribution is -2.44. The van der Waals surface area contributed by atoms with Gasteiger partial charge in [0.1, 0.15) is 0 Å². The van der Waals surface area contributed by atoms with E-state index in [9.17, 15) is 0 Å². The lowest BCUT2D eigenvalue weighted by Gasteiger charge is -2.41. The van der Waals surface area contributed by atoms with Crippen LogP contribution in [0, 0.1) is 11.3 Å². The first-order valence-electron chi connectivity index (χ1n) is 8.28. The van der Waals surface area contributed by atoms with E-state index in [4.69, 9.17) is 15.5 Å². The van der Waals surface area contributed by atoms with Gasteiger partial charge in [0, 0.05) is 32.8 Å². The quantitative estimate of drug-likeness (QED) is 0.317. The Morgan fingerprint density at radius 2 is 2.14 bits per heavy atom. The van der Waals surface area contributed by atoms with Crippen LogP contribution in [0.25, 0.3) is 0 Å². The van der Waals surface area contributed by atoms with Crippen LogP contribution < -0.4 is 5.73 Å². The third-order valence-electron chi connectivity index (χ3n) is 4.95. The lowest BCUT2D eigenvalue weighted by atomic mass is 9.67. The van der Waals surface area contributed by atoms with Crippen molar-refractivity contribution in [3.63, 3.8) is 0 Å². The van der Waals surface area contributed by atoms with Crippen molar-refractivity contribution in [3.8, 4) is 0 Å². The lowest BCUT2D eigenvalue weighted by molar-refractivity contribution is 0.0607. The molecule has 1 unspecified atom stereocenters. The Labute approximate surface area is 146 Å². The zero-order valence-corrected chi connectivity index (χ0v) is 16.0. The van der Waals surface area contributed by atoms with E-state index in [1.165, 1.54) is 32.1 Å². The number of aliphatic imine (C=N–C) groups is 1. The maximum atomic E-state index is 6.20. The number of nitrogens with two attached hydrogens (primary N) is 1. The molecule has 0 spiro atoms. The van der Waals surface area contributed by atoms with E-state index in [1.807, 2.05) is 0 Å². The highest BCUT2D eigenvalue weighted by molar-refractivity contribution is 14.0. The molecule has 4 nitrogen and oxygen atoms in total. The standard InChI is InChI=1S/C16H31N3O.HI/c1-3-20-11-9-16(7-5-8-16)13-18-15(17)19-10-4-6-14(2)12-19;/h14H,3-13H2,1-2H3,(H2,17,18);1H. The van der Waals surface area contributed by atoms with Crippen molar-refractivity contribution < 1.29 is 4.74 Å². The molecule has 2 fully saturated rings. The van der Waals surface area contributed by atoms with E-state index in [1.54, 1.807) is 0 Å². The summed E-state index contributed by atoms with van der Waals surface area (Å²) in [7, 11) is 0.